The van der Waals surface area contributed by atoms with Crippen LogP contribution in [0, 0.1) is 0 Å². The SMILES string of the molecule is C[C@@H](Sc1nnc(-c2cccnc2)o1)C(=O)Nc1sc2c(c1C(N)=O)CCC2. The van der Waals surface area contributed by atoms with E-state index >= 15 is 0 Å². The van der Waals surface area contributed by atoms with Crippen LogP contribution in [0.1, 0.15) is 34.1 Å². The van der Waals surface area contributed by atoms with Crippen molar-refractivity contribution in [3.8, 4) is 11.5 Å². The number of thiophene rings is 1. The minimum absolute atomic E-state index is 0.256. The van der Waals surface area contributed by atoms with Crippen molar-refractivity contribution in [3.05, 3.63) is 40.5 Å². The number of nitrogens with two attached hydrogens (primary N) is 1. The van der Waals surface area contributed by atoms with E-state index in [2.05, 4.69) is 20.5 Å². The third-order valence-electron chi connectivity index (χ3n) is 4.37. The highest BCUT2D eigenvalue weighted by Gasteiger charge is 2.27. The van der Waals surface area contributed by atoms with Crippen LogP contribution in [0.15, 0.2) is 34.2 Å². The number of aromatic nitrogens is 3. The molecule has 144 valence electrons. The molecule has 3 N–H and O–H groups in total. The summed E-state index contributed by atoms with van der Waals surface area (Å²) in [5.41, 5.74) is 7.67. The maximum absolute atomic E-state index is 12.6. The molecule has 1 atom stereocenters. The molecule has 2 amide bonds. The molecule has 0 saturated heterocycles. The molecule has 3 heterocycles. The van der Waals surface area contributed by atoms with Crippen molar-refractivity contribution in [2.75, 3.05) is 5.32 Å². The predicted octanol–water partition coefficient (Wildman–Crippen LogP) is 2.90. The molecule has 10 heteroatoms. The van der Waals surface area contributed by atoms with Crippen LogP contribution in [0.5, 0.6) is 0 Å². The number of carbonyl (C=O) groups is 2. The van der Waals surface area contributed by atoms with Gasteiger partial charge in [0.1, 0.15) is 5.00 Å². The Morgan fingerprint density at radius 3 is 2.96 bits per heavy atom. The van der Waals surface area contributed by atoms with Crippen molar-refractivity contribution in [1.29, 1.82) is 0 Å². The number of pyridine rings is 1. The van der Waals surface area contributed by atoms with E-state index in [1.807, 2.05) is 6.07 Å². The van der Waals surface area contributed by atoms with Crippen LogP contribution < -0.4 is 11.1 Å². The zero-order chi connectivity index (χ0) is 19.7. The molecule has 8 nitrogen and oxygen atoms in total. The van der Waals surface area contributed by atoms with Gasteiger partial charge < -0.3 is 15.5 Å². The average Bonchev–Trinajstić information content (AvgIpc) is 3.38. The number of hydrogen-bond acceptors (Lipinski definition) is 8. The summed E-state index contributed by atoms with van der Waals surface area (Å²) >= 11 is 2.58. The first-order chi connectivity index (χ1) is 13.5. The van der Waals surface area contributed by atoms with Crippen LogP contribution >= 0.6 is 23.1 Å². The molecule has 0 aromatic carbocycles. The molecule has 0 fully saturated rings. The number of fused-ring (bicyclic) bond motifs is 1. The fraction of sp³-hybridized carbons (Fsp3) is 0.278. The van der Waals surface area contributed by atoms with Crippen molar-refractivity contribution in [1.82, 2.24) is 15.2 Å². The smallest absolute Gasteiger partial charge is 0.277 e. The largest absolute Gasteiger partial charge is 0.411 e. The molecule has 0 unspecified atom stereocenters. The summed E-state index contributed by atoms with van der Waals surface area (Å²) in [4.78, 5) is 29.6. The summed E-state index contributed by atoms with van der Waals surface area (Å²) in [6.07, 6.45) is 6.03. The minimum Gasteiger partial charge on any atom is -0.411 e. The first kappa shape index (κ1) is 18.6. The Morgan fingerprint density at radius 2 is 2.21 bits per heavy atom. The van der Waals surface area contributed by atoms with Gasteiger partial charge in [-0.05, 0) is 43.9 Å². The minimum atomic E-state index is -0.506. The van der Waals surface area contributed by atoms with Crippen LogP contribution in [0.2, 0.25) is 0 Å². The zero-order valence-electron chi connectivity index (χ0n) is 15.0. The molecule has 0 aliphatic heterocycles. The number of primary amides is 1. The van der Waals surface area contributed by atoms with E-state index in [9.17, 15) is 9.59 Å². The highest BCUT2D eigenvalue weighted by Crippen LogP contribution is 2.39. The molecular formula is C18H17N5O3S2. The van der Waals surface area contributed by atoms with Crippen LogP contribution in [0.4, 0.5) is 5.00 Å². The molecule has 28 heavy (non-hydrogen) atoms. The molecule has 3 aromatic rings. The maximum atomic E-state index is 12.6. The maximum Gasteiger partial charge on any atom is 0.277 e. The monoisotopic (exact) mass is 415 g/mol. The third-order valence-corrected chi connectivity index (χ3v) is 6.51. The number of rotatable bonds is 6. The number of carbonyl (C=O) groups excluding carboxylic acids is 2. The van der Waals surface area contributed by atoms with Crippen molar-refractivity contribution in [3.63, 3.8) is 0 Å². The second-order valence-corrected chi connectivity index (χ2v) is 8.69. The van der Waals surface area contributed by atoms with Crippen LogP contribution in [0.3, 0.4) is 0 Å². The summed E-state index contributed by atoms with van der Waals surface area (Å²) in [6.45, 7) is 1.74. The molecular weight excluding hydrogens is 398 g/mol. The Hall–Kier alpha value is -2.72. The van der Waals surface area contributed by atoms with Gasteiger partial charge >= 0.3 is 0 Å². The average molecular weight is 416 g/mol. The van der Waals surface area contributed by atoms with Crippen LogP contribution in [0.25, 0.3) is 11.5 Å². The highest BCUT2D eigenvalue weighted by atomic mass is 32.2. The summed E-state index contributed by atoms with van der Waals surface area (Å²) in [5.74, 6) is -0.421. The molecule has 1 aliphatic rings. The van der Waals surface area contributed by atoms with E-state index in [-0.39, 0.29) is 11.1 Å². The fourth-order valence-electron chi connectivity index (χ4n) is 3.03. The molecule has 0 radical (unpaired) electrons. The first-order valence-electron chi connectivity index (χ1n) is 8.68. The van der Waals surface area contributed by atoms with E-state index < -0.39 is 11.2 Å². The standard InChI is InChI=1S/C18H17N5O3S2/c1-9(27-18-23-22-16(26-18)10-4-3-7-20-8-10)15(25)21-17-13(14(19)24)11-5-2-6-12(11)28-17/h3-4,7-9H,2,5-6H2,1H3,(H2,19,24)(H,21,25)/t9-/m1/s1. The van der Waals surface area contributed by atoms with Gasteiger partial charge in [-0.2, -0.15) is 0 Å². The number of amides is 2. The van der Waals surface area contributed by atoms with E-state index in [0.717, 1.165) is 41.5 Å². The lowest BCUT2D eigenvalue weighted by atomic mass is 10.1. The lowest BCUT2D eigenvalue weighted by Gasteiger charge is -2.10. The van der Waals surface area contributed by atoms with Gasteiger partial charge in [-0.3, -0.25) is 14.6 Å². The van der Waals surface area contributed by atoms with Gasteiger partial charge in [0, 0.05) is 17.3 Å². The van der Waals surface area contributed by atoms with Gasteiger partial charge in [0.05, 0.1) is 16.4 Å². The normalized spacial score (nSPS) is 13.9. The predicted molar refractivity (Wildman–Crippen MR) is 106 cm³/mol. The van der Waals surface area contributed by atoms with Crippen molar-refractivity contribution in [2.24, 2.45) is 5.73 Å². The Morgan fingerprint density at radius 1 is 1.36 bits per heavy atom. The number of anilines is 1. The number of nitrogens with zero attached hydrogens (tertiary/aromatic N) is 3. The molecule has 0 spiro atoms. The van der Waals surface area contributed by atoms with Crippen LogP contribution in [-0.2, 0) is 17.6 Å². The highest BCUT2D eigenvalue weighted by molar-refractivity contribution is 8.00. The number of nitrogens with one attached hydrogen (secondary N) is 1. The van der Waals surface area contributed by atoms with E-state index in [1.54, 1.807) is 25.4 Å². The lowest BCUT2D eigenvalue weighted by molar-refractivity contribution is -0.115. The van der Waals surface area contributed by atoms with Gasteiger partial charge in [-0.1, -0.05) is 11.8 Å². The van der Waals surface area contributed by atoms with E-state index in [0.29, 0.717) is 22.0 Å². The number of thioether (sulfide) groups is 1. The van der Waals surface area contributed by atoms with Crippen LogP contribution in [-0.4, -0.2) is 32.2 Å². The second-order valence-electron chi connectivity index (χ2n) is 6.29. The van der Waals surface area contributed by atoms with Gasteiger partial charge in [-0.15, -0.1) is 21.5 Å². The quantitative estimate of drug-likeness (QED) is 0.593. The Bertz CT molecular complexity index is 1030. The van der Waals surface area contributed by atoms with E-state index in [4.69, 9.17) is 10.2 Å². The molecule has 4 rings (SSSR count). The summed E-state index contributed by atoms with van der Waals surface area (Å²) in [5, 5.41) is 11.1. The Balaban J connectivity index is 1.45. The molecule has 0 bridgehead atoms. The topological polar surface area (TPSA) is 124 Å². The first-order valence-corrected chi connectivity index (χ1v) is 10.4. The summed E-state index contributed by atoms with van der Waals surface area (Å²) in [6, 6.07) is 3.59. The summed E-state index contributed by atoms with van der Waals surface area (Å²) < 4.78 is 5.60. The Labute approximate surface area is 168 Å². The van der Waals surface area contributed by atoms with Gasteiger partial charge in [0.15, 0.2) is 0 Å². The van der Waals surface area contributed by atoms with Gasteiger partial charge in [-0.25, -0.2) is 0 Å². The number of aryl methyl sites for hydroxylation is 1. The number of hydrogen-bond donors (Lipinski definition) is 2. The second kappa shape index (κ2) is 7.72. The van der Waals surface area contributed by atoms with Gasteiger partial charge in [0.25, 0.3) is 11.1 Å². The Kier molecular flexibility index (Phi) is 5.14. The van der Waals surface area contributed by atoms with E-state index in [1.165, 1.54) is 11.3 Å². The molecule has 0 saturated carbocycles. The lowest BCUT2D eigenvalue weighted by Crippen LogP contribution is -2.24. The van der Waals surface area contributed by atoms with Crippen molar-refractivity contribution < 1.29 is 14.0 Å². The fourth-order valence-corrected chi connectivity index (χ4v) is 5.02. The van der Waals surface area contributed by atoms with Gasteiger partial charge in [0.2, 0.25) is 11.8 Å². The molecule has 3 aromatic heterocycles. The zero-order valence-corrected chi connectivity index (χ0v) is 16.6. The van der Waals surface area contributed by atoms with Crippen molar-refractivity contribution in [2.45, 2.75) is 36.7 Å². The summed E-state index contributed by atoms with van der Waals surface area (Å²) in [7, 11) is 0. The third kappa shape index (κ3) is 3.65. The molecule has 1 aliphatic carbocycles. The van der Waals surface area contributed by atoms with Crippen molar-refractivity contribution >= 4 is 39.9 Å².